The number of hydrogen-bond acceptors (Lipinski definition) is 3. The Morgan fingerprint density at radius 2 is 2.04 bits per heavy atom. The number of rotatable bonds is 8. The average Bonchev–Trinajstić information content (AvgIpc) is 2.79. The molecule has 0 aliphatic carbocycles. The molecule has 0 spiro atoms. The van der Waals surface area contributed by atoms with Gasteiger partial charge in [0, 0.05) is 32.4 Å². The highest BCUT2D eigenvalue weighted by atomic mass is 127. The van der Waals surface area contributed by atoms with Crippen LogP contribution in [-0.2, 0) is 11.3 Å². The smallest absolute Gasteiger partial charge is 0.191 e. The molecule has 0 radical (unpaired) electrons. The van der Waals surface area contributed by atoms with Gasteiger partial charge in [-0.1, -0.05) is 0 Å². The third kappa shape index (κ3) is 8.55. The van der Waals surface area contributed by atoms with Gasteiger partial charge in [-0.25, -0.2) is 0 Å². The van der Waals surface area contributed by atoms with E-state index < -0.39 is 0 Å². The molecule has 2 N–H and O–H groups in total. The lowest BCUT2D eigenvalue weighted by molar-refractivity contribution is 0.0310. The van der Waals surface area contributed by atoms with Gasteiger partial charge in [0.05, 0.1) is 17.8 Å². The van der Waals surface area contributed by atoms with Gasteiger partial charge < -0.3 is 15.4 Å². The van der Waals surface area contributed by atoms with Gasteiger partial charge in [-0.3, -0.25) is 9.67 Å². The minimum atomic E-state index is -0.244. The van der Waals surface area contributed by atoms with Crippen molar-refractivity contribution in [3.63, 3.8) is 0 Å². The maximum Gasteiger partial charge on any atom is 0.191 e. The van der Waals surface area contributed by atoms with Crippen molar-refractivity contribution in [1.29, 1.82) is 0 Å². The van der Waals surface area contributed by atoms with E-state index in [0.717, 1.165) is 37.7 Å². The molecule has 0 aliphatic heterocycles. The maximum absolute atomic E-state index is 5.39. The molecule has 1 aromatic rings. The summed E-state index contributed by atoms with van der Waals surface area (Å²) in [6.45, 7) is 13.5. The number of ether oxygens (including phenoxy) is 1. The zero-order chi connectivity index (χ0) is 16.6. The molecule has 1 rings (SSSR count). The zero-order valence-electron chi connectivity index (χ0n) is 15.3. The number of halogens is 1. The molecule has 0 amide bonds. The summed E-state index contributed by atoms with van der Waals surface area (Å²) >= 11 is 0. The molecule has 23 heavy (non-hydrogen) atoms. The number of nitrogens with one attached hydrogen (secondary N) is 2. The highest BCUT2D eigenvalue weighted by Gasteiger charge is 2.15. The first-order chi connectivity index (χ1) is 10.4. The fourth-order valence-corrected chi connectivity index (χ4v) is 2.01. The predicted octanol–water partition coefficient (Wildman–Crippen LogP) is 2.49. The predicted molar refractivity (Wildman–Crippen MR) is 107 cm³/mol. The zero-order valence-corrected chi connectivity index (χ0v) is 17.6. The van der Waals surface area contributed by atoms with Gasteiger partial charge >= 0.3 is 0 Å². The Bertz CT molecular complexity index is 485. The van der Waals surface area contributed by atoms with Gasteiger partial charge in [0.15, 0.2) is 5.96 Å². The summed E-state index contributed by atoms with van der Waals surface area (Å²) in [6.07, 6.45) is 1.00. The molecule has 134 valence electrons. The first kappa shape index (κ1) is 22.2. The standard InChI is InChI=1S/C16H31N5O.HI/c1-7-17-15(19-12-16(4,5)22-6)18-9-8-10-21-14(3)11-13(2)20-21;/h11H,7-10,12H2,1-6H3,(H2,17,18,19);1H. The van der Waals surface area contributed by atoms with Crippen LogP contribution in [0.4, 0.5) is 0 Å². The van der Waals surface area contributed by atoms with Crippen LogP contribution in [0.1, 0.15) is 38.6 Å². The monoisotopic (exact) mass is 437 g/mol. The van der Waals surface area contributed by atoms with E-state index in [4.69, 9.17) is 4.74 Å². The van der Waals surface area contributed by atoms with Crippen LogP contribution in [0.15, 0.2) is 11.1 Å². The summed E-state index contributed by atoms with van der Waals surface area (Å²) in [6, 6.07) is 2.10. The minimum absolute atomic E-state index is 0. The van der Waals surface area contributed by atoms with Gasteiger partial charge in [0.1, 0.15) is 0 Å². The number of aryl methyl sites for hydroxylation is 3. The highest BCUT2D eigenvalue weighted by molar-refractivity contribution is 14.0. The van der Waals surface area contributed by atoms with Gasteiger partial charge in [-0.2, -0.15) is 5.10 Å². The van der Waals surface area contributed by atoms with E-state index in [1.165, 1.54) is 5.69 Å². The van der Waals surface area contributed by atoms with E-state index in [0.29, 0.717) is 6.54 Å². The van der Waals surface area contributed by atoms with Gasteiger partial charge in [0.25, 0.3) is 0 Å². The van der Waals surface area contributed by atoms with Crippen molar-refractivity contribution in [3.8, 4) is 0 Å². The van der Waals surface area contributed by atoms with Gasteiger partial charge in [-0.15, -0.1) is 24.0 Å². The summed E-state index contributed by atoms with van der Waals surface area (Å²) in [5.41, 5.74) is 2.04. The molecule has 0 atom stereocenters. The van der Waals surface area contributed by atoms with E-state index in [1.807, 2.05) is 20.8 Å². The molecule has 0 aliphatic rings. The Balaban J connectivity index is 0.00000484. The molecule has 1 heterocycles. The number of aromatic nitrogens is 2. The topological polar surface area (TPSA) is 63.5 Å². The van der Waals surface area contributed by atoms with Crippen molar-refractivity contribution in [3.05, 3.63) is 17.5 Å². The second kappa shape index (κ2) is 10.9. The number of methoxy groups -OCH3 is 1. The summed E-state index contributed by atoms with van der Waals surface area (Å²) in [5.74, 6) is 0.834. The lowest BCUT2D eigenvalue weighted by atomic mass is 10.1. The van der Waals surface area contributed by atoms with Crippen molar-refractivity contribution in [2.45, 2.75) is 53.2 Å². The molecule has 6 nitrogen and oxygen atoms in total. The van der Waals surface area contributed by atoms with E-state index in [-0.39, 0.29) is 29.6 Å². The second-order valence-corrected chi connectivity index (χ2v) is 6.09. The number of hydrogen-bond donors (Lipinski definition) is 2. The van der Waals surface area contributed by atoms with E-state index >= 15 is 0 Å². The summed E-state index contributed by atoms with van der Waals surface area (Å²) in [4.78, 5) is 4.57. The minimum Gasteiger partial charge on any atom is -0.377 e. The Labute approximate surface area is 157 Å². The SMILES string of the molecule is CCNC(=NCC(C)(C)OC)NCCCn1nc(C)cc1C.I. The Morgan fingerprint density at radius 1 is 1.35 bits per heavy atom. The maximum atomic E-state index is 5.39. The molecule has 0 aromatic carbocycles. The largest absolute Gasteiger partial charge is 0.377 e. The third-order valence-corrected chi connectivity index (χ3v) is 3.46. The Morgan fingerprint density at radius 3 is 2.57 bits per heavy atom. The summed E-state index contributed by atoms with van der Waals surface area (Å²) < 4.78 is 7.44. The third-order valence-electron chi connectivity index (χ3n) is 3.46. The molecule has 0 fully saturated rings. The van der Waals surface area contributed by atoms with Crippen LogP contribution in [0.25, 0.3) is 0 Å². The molecule has 0 saturated carbocycles. The number of guanidine groups is 1. The summed E-state index contributed by atoms with van der Waals surface area (Å²) in [7, 11) is 1.71. The normalized spacial score (nSPS) is 12.0. The van der Waals surface area contributed by atoms with Crippen LogP contribution in [0.5, 0.6) is 0 Å². The second-order valence-electron chi connectivity index (χ2n) is 6.09. The van der Waals surface area contributed by atoms with E-state index in [2.05, 4.69) is 45.3 Å². The van der Waals surface area contributed by atoms with Gasteiger partial charge in [-0.05, 0) is 47.1 Å². The first-order valence-electron chi connectivity index (χ1n) is 7.96. The number of aliphatic imine (C=N–C) groups is 1. The molecule has 1 aromatic heterocycles. The fourth-order valence-electron chi connectivity index (χ4n) is 2.01. The lowest BCUT2D eigenvalue weighted by Crippen LogP contribution is -2.39. The van der Waals surface area contributed by atoms with Gasteiger partial charge in [0.2, 0.25) is 0 Å². The van der Waals surface area contributed by atoms with E-state index in [1.54, 1.807) is 7.11 Å². The fraction of sp³-hybridized carbons (Fsp3) is 0.750. The van der Waals surface area contributed by atoms with Crippen LogP contribution in [0.2, 0.25) is 0 Å². The van der Waals surface area contributed by atoms with E-state index in [9.17, 15) is 0 Å². The molecule has 0 saturated heterocycles. The van der Waals surface area contributed by atoms with Crippen LogP contribution in [-0.4, -0.2) is 48.1 Å². The van der Waals surface area contributed by atoms with Crippen LogP contribution in [0.3, 0.4) is 0 Å². The number of nitrogens with zero attached hydrogens (tertiary/aromatic N) is 3. The quantitative estimate of drug-likeness (QED) is 0.284. The Hall–Kier alpha value is -0.830. The van der Waals surface area contributed by atoms with Crippen molar-refractivity contribution in [2.24, 2.45) is 4.99 Å². The molecule has 7 heteroatoms. The van der Waals surface area contributed by atoms with Crippen molar-refractivity contribution in [2.75, 3.05) is 26.7 Å². The highest BCUT2D eigenvalue weighted by Crippen LogP contribution is 2.07. The molecule has 0 bridgehead atoms. The lowest BCUT2D eigenvalue weighted by Gasteiger charge is -2.21. The summed E-state index contributed by atoms with van der Waals surface area (Å²) in [5, 5.41) is 11.1. The van der Waals surface area contributed by atoms with Crippen LogP contribution in [0, 0.1) is 13.8 Å². The molecule has 0 unspecified atom stereocenters. The molecular weight excluding hydrogens is 405 g/mol. The van der Waals surface area contributed by atoms with Crippen LogP contribution < -0.4 is 10.6 Å². The molecular formula is C16H32IN5O. The van der Waals surface area contributed by atoms with Crippen molar-refractivity contribution in [1.82, 2.24) is 20.4 Å². The Kier molecular flexibility index (Phi) is 10.5. The average molecular weight is 437 g/mol. The van der Waals surface area contributed by atoms with Crippen molar-refractivity contribution < 1.29 is 4.74 Å². The van der Waals surface area contributed by atoms with Crippen LogP contribution >= 0.6 is 24.0 Å². The van der Waals surface area contributed by atoms with Crippen molar-refractivity contribution >= 4 is 29.9 Å². The first-order valence-corrected chi connectivity index (χ1v) is 7.96.